The summed E-state index contributed by atoms with van der Waals surface area (Å²) in [5.41, 5.74) is -0.652. The molecule has 0 radical (unpaired) electrons. The van der Waals surface area contributed by atoms with Gasteiger partial charge >= 0.3 is 0 Å². The molecule has 17 heavy (non-hydrogen) atoms. The van der Waals surface area contributed by atoms with Crippen molar-refractivity contribution in [3.05, 3.63) is 30.3 Å². The van der Waals surface area contributed by atoms with Crippen LogP contribution in [0.5, 0.6) is 0 Å². The number of rotatable bonds is 4. The van der Waals surface area contributed by atoms with Crippen LogP contribution in [0.2, 0.25) is 0 Å². The fourth-order valence-electron chi connectivity index (χ4n) is 1.19. The second kappa shape index (κ2) is 4.85. The van der Waals surface area contributed by atoms with Gasteiger partial charge < -0.3 is 5.21 Å². The highest BCUT2D eigenvalue weighted by atomic mass is 32.2. The number of hydrogen-bond donors (Lipinski definition) is 2. The van der Waals surface area contributed by atoms with Crippen molar-refractivity contribution in [1.82, 2.24) is 4.72 Å². The van der Waals surface area contributed by atoms with E-state index in [1.165, 1.54) is 12.1 Å². The van der Waals surface area contributed by atoms with E-state index >= 15 is 0 Å². The van der Waals surface area contributed by atoms with Crippen LogP contribution < -0.4 is 4.72 Å². The molecule has 6 heteroatoms. The molecule has 1 aromatic carbocycles. The number of nitrogens with one attached hydrogen (secondary N) is 1. The fourth-order valence-corrected chi connectivity index (χ4v) is 2.65. The molecule has 1 aromatic rings. The number of benzene rings is 1. The second-order valence-corrected chi connectivity index (χ2v) is 5.91. The number of oxime groups is 1. The Morgan fingerprint density at radius 1 is 1.29 bits per heavy atom. The van der Waals surface area contributed by atoms with Gasteiger partial charge in [-0.15, -0.1) is 0 Å². The first-order chi connectivity index (χ1) is 7.79. The van der Waals surface area contributed by atoms with Crippen LogP contribution in [0.25, 0.3) is 0 Å². The topological polar surface area (TPSA) is 78.8 Å². The van der Waals surface area contributed by atoms with E-state index in [4.69, 9.17) is 5.21 Å². The highest BCUT2D eigenvalue weighted by Gasteiger charge is 2.29. The highest BCUT2D eigenvalue weighted by molar-refractivity contribution is 7.89. The lowest BCUT2D eigenvalue weighted by molar-refractivity contribution is 0.313. The first-order valence-electron chi connectivity index (χ1n) is 5.08. The molecule has 0 aliphatic rings. The molecule has 0 aliphatic heterocycles. The Balaban J connectivity index is 3.04. The van der Waals surface area contributed by atoms with Gasteiger partial charge in [-0.05, 0) is 32.9 Å². The number of hydrogen-bond acceptors (Lipinski definition) is 4. The first kappa shape index (κ1) is 13.7. The largest absolute Gasteiger partial charge is 0.411 e. The van der Waals surface area contributed by atoms with Crippen LogP contribution in [-0.2, 0) is 10.0 Å². The van der Waals surface area contributed by atoms with Crippen LogP contribution >= 0.6 is 0 Å². The quantitative estimate of drug-likeness (QED) is 0.488. The summed E-state index contributed by atoms with van der Waals surface area (Å²) in [5, 5.41) is 11.7. The van der Waals surface area contributed by atoms with E-state index in [1.54, 1.807) is 39.0 Å². The lowest BCUT2D eigenvalue weighted by Crippen LogP contribution is -2.48. The van der Waals surface area contributed by atoms with Crippen molar-refractivity contribution in [3.63, 3.8) is 0 Å². The second-order valence-electron chi connectivity index (χ2n) is 4.23. The molecular formula is C11H16N2O3S. The summed E-state index contributed by atoms with van der Waals surface area (Å²) < 4.78 is 26.5. The Morgan fingerprint density at radius 3 is 2.29 bits per heavy atom. The van der Waals surface area contributed by atoms with Gasteiger partial charge in [-0.2, -0.15) is 4.72 Å². The number of sulfonamides is 1. The maximum absolute atomic E-state index is 12.0. The summed E-state index contributed by atoms with van der Waals surface area (Å²) in [6.07, 6.45) is 0. The van der Waals surface area contributed by atoms with E-state index in [2.05, 4.69) is 9.88 Å². The van der Waals surface area contributed by atoms with E-state index in [1.807, 2.05) is 0 Å². The van der Waals surface area contributed by atoms with Crippen molar-refractivity contribution in [2.75, 3.05) is 0 Å². The third-order valence-electron chi connectivity index (χ3n) is 2.50. The third kappa shape index (κ3) is 3.28. The average molecular weight is 256 g/mol. The van der Waals surface area contributed by atoms with E-state index in [9.17, 15) is 8.42 Å². The van der Waals surface area contributed by atoms with Crippen molar-refractivity contribution < 1.29 is 13.6 Å². The van der Waals surface area contributed by atoms with Crippen LogP contribution in [0.1, 0.15) is 20.8 Å². The lowest BCUT2D eigenvalue weighted by atomic mass is 10.0. The Kier molecular flexibility index (Phi) is 3.90. The van der Waals surface area contributed by atoms with Gasteiger partial charge in [-0.3, -0.25) is 0 Å². The van der Waals surface area contributed by atoms with Crippen LogP contribution in [0.4, 0.5) is 0 Å². The molecule has 0 saturated heterocycles. The zero-order valence-electron chi connectivity index (χ0n) is 10.0. The molecule has 0 aromatic heterocycles. The zero-order valence-corrected chi connectivity index (χ0v) is 10.8. The predicted octanol–water partition coefficient (Wildman–Crippen LogP) is 1.59. The standard InChI is InChI=1S/C11H16N2O3S/c1-9(12-14)11(2,3)13-17(15,16)10-7-5-4-6-8-10/h4-8,13-14H,1-3H3. The minimum Gasteiger partial charge on any atom is -0.411 e. The van der Waals surface area contributed by atoms with Crippen molar-refractivity contribution in [3.8, 4) is 0 Å². The summed E-state index contributed by atoms with van der Waals surface area (Å²) in [6.45, 7) is 4.80. The minimum atomic E-state index is -3.62. The summed E-state index contributed by atoms with van der Waals surface area (Å²) >= 11 is 0. The normalized spacial score (nSPS) is 13.7. The Morgan fingerprint density at radius 2 is 1.82 bits per heavy atom. The molecule has 0 spiro atoms. The molecule has 0 heterocycles. The molecule has 0 atom stereocenters. The van der Waals surface area contributed by atoms with Gasteiger partial charge in [0.15, 0.2) is 0 Å². The number of nitrogens with zero attached hydrogens (tertiary/aromatic N) is 1. The SMILES string of the molecule is CC(=NO)C(C)(C)NS(=O)(=O)c1ccccc1. The lowest BCUT2D eigenvalue weighted by Gasteiger charge is -2.24. The third-order valence-corrected chi connectivity index (χ3v) is 4.17. The van der Waals surface area contributed by atoms with E-state index in [-0.39, 0.29) is 10.6 Å². The fraction of sp³-hybridized carbons (Fsp3) is 0.364. The monoisotopic (exact) mass is 256 g/mol. The molecule has 94 valence electrons. The van der Waals surface area contributed by atoms with E-state index in [0.717, 1.165) is 0 Å². The summed E-state index contributed by atoms with van der Waals surface area (Å²) in [5.74, 6) is 0. The maximum atomic E-state index is 12.0. The average Bonchev–Trinajstić information content (AvgIpc) is 2.27. The zero-order chi connectivity index (χ0) is 13.1. The van der Waals surface area contributed by atoms with Crippen LogP contribution in [-0.4, -0.2) is 24.9 Å². The smallest absolute Gasteiger partial charge is 0.241 e. The maximum Gasteiger partial charge on any atom is 0.241 e. The minimum absolute atomic E-state index is 0.179. The Bertz CT molecular complexity index is 507. The van der Waals surface area contributed by atoms with Gasteiger partial charge in [0, 0.05) is 0 Å². The Hall–Kier alpha value is -1.40. The van der Waals surface area contributed by atoms with Gasteiger partial charge in [0.2, 0.25) is 10.0 Å². The van der Waals surface area contributed by atoms with E-state index in [0.29, 0.717) is 0 Å². The first-order valence-corrected chi connectivity index (χ1v) is 6.56. The molecule has 0 bridgehead atoms. The summed E-state index contributed by atoms with van der Waals surface area (Å²) in [7, 11) is -3.62. The molecule has 0 aliphatic carbocycles. The predicted molar refractivity (Wildman–Crippen MR) is 65.7 cm³/mol. The van der Waals surface area contributed by atoms with Gasteiger partial charge in [0.25, 0.3) is 0 Å². The molecular weight excluding hydrogens is 240 g/mol. The summed E-state index contributed by atoms with van der Waals surface area (Å²) in [4.78, 5) is 0.179. The Labute approximate surface area is 101 Å². The molecule has 0 fully saturated rings. The van der Waals surface area contributed by atoms with E-state index < -0.39 is 15.6 Å². The van der Waals surface area contributed by atoms with Crippen molar-refractivity contribution >= 4 is 15.7 Å². The molecule has 1 rings (SSSR count). The van der Waals surface area contributed by atoms with Gasteiger partial charge in [-0.1, -0.05) is 23.4 Å². The van der Waals surface area contributed by atoms with Gasteiger partial charge in [0.1, 0.15) is 0 Å². The van der Waals surface area contributed by atoms with Crippen LogP contribution in [0.3, 0.4) is 0 Å². The molecule has 2 N–H and O–H groups in total. The molecule has 0 unspecified atom stereocenters. The molecule has 5 nitrogen and oxygen atoms in total. The van der Waals surface area contributed by atoms with Crippen molar-refractivity contribution in [2.45, 2.75) is 31.2 Å². The molecule has 0 saturated carbocycles. The van der Waals surface area contributed by atoms with Gasteiger partial charge in [-0.25, -0.2) is 8.42 Å². The van der Waals surface area contributed by atoms with Crippen LogP contribution in [0, 0.1) is 0 Å². The summed E-state index contributed by atoms with van der Waals surface area (Å²) in [6, 6.07) is 8.04. The molecule has 0 amide bonds. The highest BCUT2D eigenvalue weighted by Crippen LogP contribution is 2.13. The van der Waals surface area contributed by atoms with Crippen molar-refractivity contribution in [1.29, 1.82) is 0 Å². The van der Waals surface area contributed by atoms with Crippen LogP contribution in [0.15, 0.2) is 40.4 Å². The van der Waals surface area contributed by atoms with Gasteiger partial charge in [0.05, 0.1) is 16.1 Å². The van der Waals surface area contributed by atoms with Crippen molar-refractivity contribution in [2.24, 2.45) is 5.16 Å².